The van der Waals surface area contributed by atoms with Crippen LogP contribution in [-0.4, -0.2) is 63.8 Å². The molecular formula is C28H33N7O. The molecule has 8 heteroatoms. The number of hydrogen-bond acceptors (Lipinski definition) is 6. The van der Waals surface area contributed by atoms with E-state index in [1.807, 2.05) is 48.5 Å². The Kier molecular flexibility index (Phi) is 7.52. The molecule has 8 nitrogen and oxygen atoms in total. The number of hydrogen-bond donors (Lipinski definition) is 1. The van der Waals surface area contributed by atoms with Gasteiger partial charge in [-0.05, 0) is 50.6 Å². The van der Waals surface area contributed by atoms with Crippen molar-refractivity contribution in [3.8, 4) is 11.4 Å². The van der Waals surface area contributed by atoms with Crippen molar-refractivity contribution in [1.29, 1.82) is 0 Å². The maximum Gasteiger partial charge on any atom is 0.223 e. The van der Waals surface area contributed by atoms with Crippen molar-refractivity contribution in [2.45, 2.75) is 25.8 Å². The third-order valence-corrected chi connectivity index (χ3v) is 6.78. The summed E-state index contributed by atoms with van der Waals surface area (Å²) in [7, 11) is 2.12. The van der Waals surface area contributed by atoms with Gasteiger partial charge in [-0.15, -0.1) is 15.3 Å². The first-order valence-electron chi connectivity index (χ1n) is 12.7. The quantitative estimate of drug-likeness (QED) is 0.366. The molecule has 1 saturated heterocycles. The van der Waals surface area contributed by atoms with Gasteiger partial charge in [-0.3, -0.25) is 4.79 Å². The lowest BCUT2D eigenvalue weighted by Gasteiger charge is -2.32. The monoisotopic (exact) mass is 483 g/mol. The van der Waals surface area contributed by atoms with E-state index in [0.717, 1.165) is 68.3 Å². The fraction of sp³-hybridized carbons (Fsp3) is 0.357. The Morgan fingerprint density at radius 2 is 1.69 bits per heavy atom. The summed E-state index contributed by atoms with van der Waals surface area (Å²) < 4.78 is 1.80. The SMILES string of the molecule is CN(CCCNC(=O)C1CCN(c2ccc3nnc(-c4ccccc4)n3n2)CC1)Cc1ccccc1. The van der Waals surface area contributed by atoms with Gasteiger partial charge in [0.05, 0.1) is 0 Å². The molecule has 0 spiro atoms. The second kappa shape index (κ2) is 11.3. The Balaban J connectivity index is 1.09. The summed E-state index contributed by atoms with van der Waals surface area (Å²) in [5.41, 5.74) is 3.02. The number of rotatable bonds is 9. The van der Waals surface area contributed by atoms with Gasteiger partial charge in [0, 0.05) is 37.7 Å². The van der Waals surface area contributed by atoms with E-state index in [4.69, 9.17) is 5.10 Å². The van der Waals surface area contributed by atoms with Gasteiger partial charge >= 0.3 is 0 Å². The van der Waals surface area contributed by atoms with Crippen LogP contribution in [0, 0.1) is 5.92 Å². The van der Waals surface area contributed by atoms with Crippen LogP contribution in [0.4, 0.5) is 5.82 Å². The second-order valence-electron chi connectivity index (χ2n) is 9.48. The van der Waals surface area contributed by atoms with E-state index in [2.05, 4.69) is 56.6 Å². The Hall–Kier alpha value is -3.78. The van der Waals surface area contributed by atoms with Crippen molar-refractivity contribution in [3.63, 3.8) is 0 Å². The predicted molar refractivity (Wildman–Crippen MR) is 142 cm³/mol. The van der Waals surface area contributed by atoms with Gasteiger partial charge in [-0.25, -0.2) is 0 Å². The fourth-order valence-electron chi connectivity index (χ4n) is 4.76. The smallest absolute Gasteiger partial charge is 0.223 e. The van der Waals surface area contributed by atoms with Crippen LogP contribution >= 0.6 is 0 Å². The normalized spacial score (nSPS) is 14.4. The molecule has 1 fully saturated rings. The number of aromatic nitrogens is 4. The molecule has 2 aromatic carbocycles. The van der Waals surface area contributed by atoms with Gasteiger partial charge in [0.25, 0.3) is 0 Å². The van der Waals surface area contributed by atoms with E-state index >= 15 is 0 Å². The van der Waals surface area contributed by atoms with Gasteiger partial charge in [0.15, 0.2) is 11.5 Å². The van der Waals surface area contributed by atoms with Crippen LogP contribution < -0.4 is 10.2 Å². The molecule has 5 rings (SSSR count). The van der Waals surface area contributed by atoms with Gasteiger partial charge in [0.1, 0.15) is 5.82 Å². The summed E-state index contributed by atoms with van der Waals surface area (Å²) in [4.78, 5) is 17.3. The number of fused-ring (bicyclic) bond motifs is 1. The molecule has 0 bridgehead atoms. The van der Waals surface area contributed by atoms with Gasteiger partial charge < -0.3 is 15.1 Å². The van der Waals surface area contributed by atoms with Crippen LogP contribution in [-0.2, 0) is 11.3 Å². The lowest BCUT2D eigenvalue weighted by Crippen LogP contribution is -2.41. The third-order valence-electron chi connectivity index (χ3n) is 6.78. The number of carbonyl (C=O) groups is 1. The summed E-state index contributed by atoms with van der Waals surface area (Å²) in [6.45, 7) is 4.20. The average Bonchev–Trinajstić information content (AvgIpc) is 3.35. The summed E-state index contributed by atoms with van der Waals surface area (Å²) in [5.74, 6) is 1.85. The van der Waals surface area contributed by atoms with Crippen molar-refractivity contribution in [3.05, 3.63) is 78.4 Å². The maximum atomic E-state index is 12.7. The Morgan fingerprint density at radius 1 is 0.972 bits per heavy atom. The number of carbonyl (C=O) groups excluding carboxylic acids is 1. The molecule has 36 heavy (non-hydrogen) atoms. The topological polar surface area (TPSA) is 78.7 Å². The van der Waals surface area contributed by atoms with Gasteiger partial charge in [0.2, 0.25) is 5.91 Å². The molecule has 2 aromatic heterocycles. The van der Waals surface area contributed by atoms with Crippen LogP contribution in [0.1, 0.15) is 24.8 Å². The molecule has 3 heterocycles. The summed E-state index contributed by atoms with van der Waals surface area (Å²) in [5, 5.41) is 16.6. The summed E-state index contributed by atoms with van der Waals surface area (Å²) >= 11 is 0. The van der Waals surface area contributed by atoms with E-state index < -0.39 is 0 Å². The largest absolute Gasteiger partial charge is 0.356 e. The number of nitrogens with zero attached hydrogens (tertiary/aromatic N) is 6. The van der Waals surface area contributed by atoms with E-state index in [1.165, 1.54) is 5.56 Å². The lowest BCUT2D eigenvalue weighted by atomic mass is 9.96. The highest BCUT2D eigenvalue weighted by Gasteiger charge is 2.26. The lowest BCUT2D eigenvalue weighted by molar-refractivity contribution is -0.125. The third kappa shape index (κ3) is 5.71. The molecule has 4 aromatic rings. The highest BCUT2D eigenvalue weighted by Crippen LogP contribution is 2.24. The first-order chi connectivity index (χ1) is 17.7. The standard InChI is InChI=1S/C28H33N7O/c1-33(21-22-9-4-2-5-10-22)18-8-17-29-28(36)24-15-19-34(20-16-24)26-14-13-25-30-31-27(35(25)32-26)23-11-6-3-7-12-23/h2-7,9-14,24H,8,15-21H2,1H3,(H,29,36). The zero-order valence-corrected chi connectivity index (χ0v) is 20.8. The Bertz CT molecular complexity index is 1270. The first-order valence-corrected chi connectivity index (χ1v) is 12.7. The maximum absolute atomic E-state index is 12.7. The highest BCUT2D eigenvalue weighted by molar-refractivity contribution is 5.79. The number of piperidine rings is 1. The first kappa shape index (κ1) is 23.9. The van der Waals surface area contributed by atoms with Crippen molar-refractivity contribution < 1.29 is 4.79 Å². The molecular weight excluding hydrogens is 450 g/mol. The molecule has 186 valence electrons. The molecule has 1 aliphatic heterocycles. The molecule has 0 radical (unpaired) electrons. The molecule has 1 N–H and O–H groups in total. The van der Waals surface area contributed by atoms with E-state index in [0.29, 0.717) is 6.54 Å². The van der Waals surface area contributed by atoms with Crippen LogP contribution in [0.5, 0.6) is 0 Å². The molecule has 0 saturated carbocycles. The number of benzene rings is 2. The Morgan fingerprint density at radius 3 is 2.44 bits per heavy atom. The summed E-state index contributed by atoms with van der Waals surface area (Å²) in [6.07, 6.45) is 2.60. The van der Waals surface area contributed by atoms with Crippen molar-refractivity contribution in [1.82, 2.24) is 30.0 Å². The fourth-order valence-corrected chi connectivity index (χ4v) is 4.76. The summed E-state index contributed by atoms with van der Waals surface area (Å²) in [6, 6.07) is 24.4. The van der Waals surface area contributed by atoms with Crippen LogP contribution in [0.2, 0.25) is 0 Å². The number of amides is 1. The van der Waals surface area contributed by atoms with Crippen LogP contribution in [0.15, 0.2) is 72.8 Å². The predicted octanol–water partition coefficient (Wildman–Crippen LogP) is 3.65. The van der Waals surface area contributed by atoms with E-state index in [-0.39, 0.29) is 11.8 Å². The van der Waals surface area contributed by atoms with Crippen molar-refractivity contribution in [2.75, 3.05) is 38.1 Å². The van der Waals surface area contributed by atoms with Crippen LogP contribution in [0.3, 0.4) is 0 Å². The minimum atomic E-state index is 0.0572. The van der Waals surface area contributed by atoms with Crippen molar-refractivity contribution >= 4 is 17.4 Å². The van der Waals surface area contributed by atoms with Gasteiger partial charge in [-0.1, -0.05) is 60.7 Å². The minimum Gasteiger partial charge on any atom is -0.356 e. The molecule has 0 unspecified atom stereocenters. The number of anilines is 1. The molecule has 0 atom stereocenters. The molecule has 0 aliphatic carbocycles. The molecule has 1 amide bonds. The zero-order valence-electron chi connectivity index (χ0n) is 20.8. The molecule has 1 aliphatic rings. The highest BCUT2D eigenvalue weighted by atomic mass is 16.1. The van der Waals surface area contributed by atoms with E-state index in [1.54, 1.807) is 4.52 Å². The minimum absolute atomic E-state index is 0.0572. The van der Waals surface area contributed by atoms with Gasteiger partial charge in [-0.2, -0.15) is 4.52 Å². The van der Waals surface area contributed by atoms with Crippen molar-refractivity contribution in [2.24, 2.45) is 5.92 Å². The Labute approximate surface area is 211 Å². The second-order valence-corrected chi connectivity index (χ2v) is 9.48. The average molecular weight is 484 g/mol. The zero-order chi connectivity index (χ0) is 24.7. The van der Waals surface area contributed by atoms with E-state index in [9.17, 15) is 4.79 Å². The van der Waals surface area contributed by atoms with Crippen LogP contribution in [0.25, 0.3) is 17.0 Å². The number of nitrogens with one attached hydrogen (secondary N) is 1.